The zero-order valence-electron chi connectivity index (χ0n) is 17.2. The van der Waals surface area contributed by atoms with E-state index in [-0.39, 0.29) is 12.4 Å². The molecule has 1 atom stereocenters. The summed E-state index contributed by atoms with van der Waals surface area (Å²) in [6.07, 6.45) is 1.27. The van der Waals surface area contributed by atoms with Gasteiger partial charge in [0.05, 0.1) is 7.11 Å². The lowest BCUT2D eigenvalue weighted by molar-refractivity contribution is 0.170. The molecule has 4 rings (SSSR count). The maximum atomic E-state index is 5.98. The Morgan fingerprint density at radius 3 is 2.52 bits per heavy atom. The zero-order valence-corrected chi connectivity index (χ0v) is 18.0. The molecular weight excluding hydrogens is 386 g/mol. The van der Waals surface area contributed by atoms with Gasteiger partial charge in [0.25, 0.3) is 0 Å². The fraction of sp³-hybridized carbons (Fsp3) is 0.478. The van der Waals surface area contributed by atoms with Gasteiger partial charge in [0.15, 0.2) is 11.5 Å². The second-order valence-electron chi connectivity index (χ2n) is 7.72. The normalized spacial score (nSPS) is 20.2. The van der Waals surface area contributed by atoms with Crippen molar-refractivity contribution < 1.29 is 9.47 Å². The van der Waals surface area contributed by atoms with Crippen LogP contribution in [0.15, 0.2) is 48.5 Å². The molecule has 2 aliphatic rings. The number of halogens is 1. The van der Waals surface area contributed by atoms with Crippen LogP contribution in [0.4, 0.5) is 0 Å². The molecule has 2 fully saturated rings. The zero-order chi connectivity index (χ0) is 19.2. The summed E-state index contributed by atoms with van der Waals surface area (Å²) in [5.74, 6) is 1.61. The Bertz CT molecular complexity index is 753. The van der Waals surface area contributed by atoms with Crippen LogP contribution in [0.3, 0.4) is 0 Å². The molecule has 0 amide bonds. The van der Waals surface area contributed by atoms with E-state index in [9.17, 15) is 0 Å². The molecule has 0 aromatic heterocycles. The average molecular weight is 418 g/mol. The van der Waals surface area contributed by atoms with Crippen molar-refractivity contribution in [3.63, 3.8) is 0 Å². The quantitative estimate of drug-likeness (QED) is 0.748. The molecule has 29 heavy (non-hydrogen) atoms. The van der Waals surface area contributed by atoms with Crippen molar-refractivity contribution in [3.05, 3.63) is 59.7 Å². The van der Waals surface area contributed by atoms with Gasteiger partial charge >= 0.3 is 0 Å². The predicted octanol–water partition coefficient (Wildman–Crippen LogP) is 3.18. The third kappa shape index (κ3) is 5.86. The summed E-state index contributed by atoms with van der Waals surface area (Å²) in [7, 11) is 1.71. The second kappa shape index (κ2) is 10.8. The Balaban J connectivity index is 0.00000240. The van der Waals surface area contributed by atoms with E-state index < -0.39 is 0 Å². The number of ether oxygens (including phenoxy) is 2. The number of likely N-dealkylation sites (tertiary alicyclic amines) is 1. The summed E-state index contributed by atoms with van der Waals surface area (Å²) in [4.78, 5) is 5.21. The standard InChI is InChI=1S/C23H31N3O2.ClH/c1-27-23-15-20(7-8-22(23)28-18-19-5-3-2-4-6-19)16-25-12-9-21(17-25)26-13-10-24-11-14-26;/h2-8,15,21,24H,9-14,16-18H2,1H3;1H. The van der Waals surface area contributed by atoms with E-state index in [1.807, 2.05) is 24.3 Å². The van der Waals surface area contributed by atoms with E-state index in [1.54, 1.807) is 7.11 Å². The van der Waals surface area contributed by atoms with Crippen molar-refractivity contribution in [3.8, 4) is 11.5 Å². The Kier molecular flexibility index (Phi) is 8.19. The maximum absolute atomic E-state index is 5.98. The van der Waals surface area contributed by atoms with Gasteiger partial charge in [-0.1, -0.05) is 36.4 Å². The number of methoxy groups -OCH3 is 1. The topological polar surface area (TPSA) is 37.0 Å². The highest BCUT2D eigenvalue weighted by molar-refractivity contribution is 5.85. The largest absolute Gasteiger partial charge is 0.493 e. The van der Waals surface area contributed by atoms with Gasteiger partial charge in [-0.25, -0.2) is 0 Å². The molecule has 0 saturated carbocycles. The molecule has 2 aromatic carbocycles. The van der Waals surface area contributed by atoms with Gasteiger partial charge in [-0.15, -0.1) is 12.4 Å². The summed E-state index contributed by atoms with van der Waals surface area (Å²) in [5, 5.41) is 3.45. The minimum atomic E-state index is 0. The van der Waals surface area contributed by atoms with E-state index in [0.717, 1.165) is 43.2 Å². The number of rotatable bonds is 7. The summed E-state index contributed by atoms with van der Waals surface area (Å²) in [5.41, 5.74) is 2.44. The van der Waals surface area contributed by atoms with Crippen LogP contribution in [-0.2, 0) is 13.2 Å². The fourth-order valence-corrected chi connectivity index (χ4v) is 4.22. The van der Waals surface area contributed by atoms with Crippen LogP contribution in [0.5, 0.6) is 11.5 Å². The van der Waals surface area contributed by atoms with Crippen molar-refractivity contribution in [2.24, 2.45) is 0 Å². The second-order valence-corrected chi connectivity index (χ2v) is 7.72. The number of nitrogens with zero attached hydrogens (tertiary/aromatic N) is 2. The molecule has 1 N–H and O–H groups in total. The number of hydrogen-bond acceptors (Lipinski definition) is 5. The molecule has 1 unspecified atom stereocenters. The Morgan fingerprint density at radius 2 is 1.76 bits per heavy atom. The molecular formula is C23H32ClN3O2. The van der Waals surface area contributed by atoms with Crippen molar-refractivity contribution in [2.45, 2.75) is 25.6 Å². The highest BCUT2D eigenvalue weighted by Gasteiger charge is 2.28. The molecule has 0 bridgehead atoms. The minimum absolute atomic E-state index is 0. The van der Waals surface area contributed by atoms with Gasteiger partial charge < -0.3 is 14.8 Å². The molecule has 2 aliphatic heterocycles. The van der Waals surface area contributed by atoms with Crippen molar-refractivity contribution in [1.29, 1.82) is 0 Å². The highest BCUT2D eigenvalue weighted by atomic mass is 35.5. The van der Waals surface area contributed by atoms with Gasteiger partial charge in [-0.2, -0.15) is 0 Å². The van der Waals surface area contributed by atoms with Gasteiger partial charge in [0.2, 0.25) is 0 Å². The third-order valence-electron chi connectivity index (χ3n) is 5.79. The molecule has 2 heterocycles. The smallest absolute Gasteiger partial charge is 0.161 e. The number of benzene rings is 2. The fourth-order valence-electron chi connectivity index (χ4n) is 4.22. The summed E-state index contributed by atoms with van der Waals surface area (Å²) in [6, 6.07) is 17.3. The SMILES string of the molecule is COc1cc(CN2CCC(N3CCNCC3)C2)ccc1OCc1ccccc1.Cl. The molecule has 5 nitrogen and oxygen atoms in total. The van der Waals surface area contributed by atoms with Crippen LogP contribution in [0.25, 0.3) is 0 Å². The van der Waals surface area contributed by atoms with Crippen LogP contribution in [0.1, 0.15) is 17.5 Å². The van der Waals surface area contributed by atoms with Gasteiger partial charge in [-0.3, -0.25) is 9.80 Å². The third-order valence-corrected chi connectivity index (χ3v) is 5.79. The van der Waals surface area contributed by atoms with Gasteiger partial charge in [-0.05, 0) is 29.7 Å². The van der Waals surface area contributed by atoms with Gasteiger partial charge in [0.1, 0.15) is 6.61 Å². The highest BCUT2D eigenvalue weighted by Crippen LogP contribution is 2.30. The Hall–Kier alpha value is -1.79. The first-order valence-corrected chi connectivity index (χ1v) is 10.3. The average Bonchev–Trinajstić information content (AvgIpc) is 3.22. The Morgan fingerprint density at radius 1 is 0.966 bits per heavy atom. The van der Waals surface area contributed by atoms with E-state index in [1.165, 1.54) is 31.6 Å². The molecule has 0 radical (unpaired) electrons. The van der Waals surface area contributed by atoms with Crippen molar-refractivity contribution >= 4 is 12.4 Å². The molecule has 6 heteroatoms. The van der Waals surface area contributed by atoms with E-state index in [2.05, 4.69) is 39.4 Å². The van der Waals surface area contributed by atoms with Crippen LogP contribution < -0.4 is 14.8 Å². The lowest BCUT2D eigenvalue weighted by Crippen LogP contribution is -2.49. The van der Waals surface area contributed by atoms with Crippen LogP contribution in [-0.4, -0.2) is 62.2 Å². The monoisotopic (exact) mass is 417 g/mol. The summed E-state index contributed by atoms with van der Waals surface area (Å²) < 4.78 is 11.6. The molecule has 158 valence electrons. The Labute approximate surface area is 180 Å². The first kappa shape index (κ1) is 21.9. The predicted molar refractivity (Wildman–Crippen MR) is 119 cm³/mol. The number of nitrogens with one attached hydrogen (secondary N) is 1. The van der Waals surface area contributed by atoms with E-state index in [4.69, 9.17) is 9.47 Å². The lowest BCUT2D eigenvalue weighted by atomic mass is 10.2. The number of piperazine rings is 1. The first-order chi connectivity index (χ1) is 13.8. The maximum Gasteiger partial charge on any atom is 0.161 e. The molecule has 2 aromatic rings. The summed E-state index contributed by atoms with van der Waals surface area (Å²) in [6.45, 7) is 8.46. The summed E-state index contributed by atoms with van der Waals surface area (Å²) >= 11 is 0. The first-order valence-electron chi connectivity index (χ1n) is 10.3. The van der Waals surface area contributed by atoms with Crippen LogP contribution in [0, 0.1) is 0 Å². The van der Waals surface area contributed by atoms with Crippen molar-refractivity contribution in [2.75, 3.05) is 46.4 Å². The number of hydrogen-bond donors (Lipinski definition) is 1. The van der Waals surface area contributed by atoms with E-state index in [0.29, 0.717) is 12.6 Å². The van der Waals surface area contributed by atoms with Crippen LogP contribution in [0.2, 0.25) is 0 Å². The lowest BCUT2D eigenvalue weighted by Gasteiger charge is -2.32. The molecule has 2 saturated heterocycles. The van der Waals surface area contributed by atoms with E-state index >= 15 is 0 Å². The minimum Gasteiger partial charge on any atom is -0.493 e. The molecule has 0 aliphatic carbocycles. The van der Waals surface area contributed by atoms with Gasteiger partial charge in [0, 0.05) is 51.9 Å². The molecule has 0 spiro atoms. The van der Waals surface area contributed by atoms with Crippen LogP contribution >= 0.6 is 12.4 Å². The van der Waals surface area contributed by atoms with Crippen molar-refractivity contribution in [1.82, 2.24) is 15.1 Å².